The highest BCUT2D eigenvalue weighted by atomic mass is 35.5. The van der Waals surface area contributed by atoms with Gasteiger partial charge in [-0.05, 0) is 35.9 Å². The van der Waals surface area contributed by atoms with E-state index in [0.717, 1.165) is 22.4 Å². The molecule has 1 heterocycles. The van der Waals surface area contributed by atoms with E-state index in [9.17, 15) is 0 Å². The van der Waals surface area contributed by atoms with Gasteiger partial charge in [0.2, 0.25) is 5.75 Å². The summed E-state index contributed by atoms with van der Waals surface area (Å²) in [5.41, 5.74) is 3.87. The van der Waals surface area contributed by atoms with Gasteiger partial charge < -0.3 is 18.8 Å². The van der Waals surface area contributed by atoms with E-state index in [1.807, 2.05) is 48.5 Å². The molecular formula is C23H21ClN2O3. The molecule has 0 radical (unpaired) electrons. The molecule has 0 spiro atoms. The van der Waals surface area contributed by atoms with Crippen LogP contribution in [0.5, 0.6) is 17.2 Å². The van der Waals surface area contributed by atoms with Gasteiger partial charge >= 0.3 is 0 Å². The smallest absolute Gasteiger partial charge is 0.203 e. The van der Waals surface area contributed by atoms with Crippen molar-refractivity contribution in [3.05, 3.63) is 71.2 Å². The van der Waals surface area contributed by atoms with Gasteiger partial charge in [-0.1, -0.05) is 41.9 Å². The minimum Gasteiger partial charge on any atom is -0.493 e. The minimum atomic E-state index is 0.549. The van der Waals surface area contributed by atoms with E-state index in [0.29, 0.717) is 28.8 Å². The van der Waals surface area contributed by atoms with E-state index in [1.165, 1.54) is 5.56 Å². The van der Waals surface area contributed by atoms with Gasteiger partial charge in [0.1, 0.15) is 5.82 Å². The summed E-state index contributed by atoms with van der Waals surface area (Å²) in [7, 11) is 4.80. The predicted molar refractivity (Wildman–Crippen MR) is 115 cm³/mol. The third-order valence-corrected chi connectivity index (χ3v) is 5.05. The summed E-state index contributed by atoms with van der Waals surface area (Å²) < 4.78 is 18.7. The Labute approximate surface area is 174 Å². The standard InChI is InChI=1S/C23H21ClN2O3/c1-27-20-11-16(12-21(28-2)22(20)29-3)23-25-18-13-17(24)9-10-19(18)26(23)14-15-7-5-4-6-8-15/h4-13H,14H2,1-3H3. The van der Waals surface area contributed by atoms with Crippen LogP contribution in [-0.4, -0.2) is 30.9 Å². The van der Waals surface area contributed by atoms with Crippen molar-refractivity contribution in [2.75, 3.05) is 21.3 Å². The molecule has 0 atom stereocenters. The van der Waals surface area contributed by atoms with Crippen molar-refractivity contribution in [2.45, 2.75) is 6.54 Å². The molecule has 0 aliphatic rings. The lowest BCUT2D eigenvalue weighted by atomic mass is 10.1. The molecule has 1 aromatic heterocycles. The van der Waals surface area contributed by atoms with E-state index in [-0.39, 0.29) is 0 Å². The Balaban J connectivity index is 1.94. The molecule has 5 nitrogen and oxygen atoms in total. The van der Waals surface area contributed by atoms with Gasteiger partial charge in [0.25, 0.3) is 0 Å². The van der Waals surface area contributed by atoms with Crippen LogP contribution in [0.1, 0.15) is 5.56 Å². The molecule has 4 rings (SSSR count). The van der Waals surface area contributed by atoms with Gasteiger partial charge in [-0.2, -0.15) is 0 Å². The zero-order valence-electron chi connectivity index (χ0n) is 16.5. The van der Waals surface area contributed by atoms with Crippen LogP contribution in [-0.2, 0) is 6.54 Å². The van der Waals surface area contributed by atoms with E-state index in [1.54, 1.807) is 21.3 Å². The second-order valence-corrected chi connectivity index (χ2v) is 6.99. The summed E-state index contributed by atoms with van der Waals surface area (Å²) >= 11 is 6.22. The molecule has 148 valence electrons. The second kappa shape index (κ2) is 8.05. The van der Waals surface area contributed by atoms with Gasteiger partial charge in [-0.15, -0.1) is 0 Å². The Hall–Kier alpha value is -3.18. The number of rotatable bonds is 6. The molecular weight excluding hydrogens is 388 g/mol. The van der Waals surface area contributed by atoms with Crippen LogP contribution >= 0.6 is 11.6 Å². The van der Waals surface area contributed by atoms with Gasteiger partial charge in [-0.25, -0.2) is 4.98 Å². The van der Waals surface area contributed by atoms with Crippen LogP contribution in [0.15, 0.2) is 60.7 Å². The fraction of sp³-hybridized carbons (Fsp3) is 0.174. The molecule has 4 aromatic rings. The molecule has 0 saturated carbocycles. The number of ether oxygens (including phenoxy) is 3. The fourth-order valence-corrected chi connectivity index (χ4v) is 3.63. The Morgan fingerprint density at radius 1 is 0.862 bits per heavy atom. The average molecular weight is 409 g/mol. The first kappa shape index (κ1) is 19.2. The van der Waals surface area contributed by atoms with E-state index < -0.39 is 0 Å². The van der Waals surface area contributed by atoms with Gasteiger partial charge in [0.05, 0.1) is 32.4 Å². The molecule has 29 heavy (non-hydrogen) atoms. The molecule has 6 heteroatoms. The highest BCUT2D eigenvalue weighted by molar-refractivity contribution is 6.31. The fourth-order valence-electron chi connectivity index (χ4n) is 3.46. The molecule has 0 unspecified atom stereocenters. The topological polar surface area (TPSA) is 45.5 Å². The van der Waals surface area contributed by atoms with Crippen molar-refractivity contribution < 1.29 is 14.2 Å². The lowest BCUT2D eigenvalue weighted by molar-refractivity contribution is 0.324. The maximum atomic E-state index is 6.22. The summed E-state index contributed by atoms with van der Waals surface area (Å²) in [5.74, 6) is 2.51. The number of aromatic nitrogens is 2. The molecule has 0 fully saturated rings. The third kappa shape index (κ3) is 3.61. The number of methoxy groups -OCH3 is 3. The molecule has 3 aromatic carbocycles. The highest BCUT2D eigenvalue weighted by Gasteiger charge is 2.19. The predicted octanol–water partition coefficient (Wildman–Crippen LogP) is 5.43. The van der Waals surface area contributed by atoms with Gasteiger partial charge in [0.15, 0.2) is 11.5 Å². The van der Waals surface area contributed by atoms with Crippen LogP contribution < -0.4 is 14.2 Å². The van der Waals surface area contributed by atoms with Crippen LogP contribution in [0.4, 0.5) is 0 Å². The first-order valence-electron chi connectivity index (χ1n) is 9.14. The summed E-state index contributed by atoms with van der Waals surface area (Å²) in [6, 6.07) is 19.8. The number of imidazole rings is 1. The van der Waals surface area contributed by atoms with Crippen LogP contribution in [0.3, 0.4) is 0 Å². The molecule has 0 amide bonds. The second-order valence-electron chi connectivity index (χ2n) is 6.55. The maximum absolute atomic E-state index is 6.22. The van der Waals surface area contributed by atoms with Crippen LogP contribution in [0.2, 0.25) is 5.02 Å². The zero-order chi connectivity index (χ0) is 20.4. The van der Waals surface area contributed by atoms with Crippen LogP contribution in [0.25, 0.3) is 22.4 Å². The van der Waals surface area contributed by atoms with Crippen molar-refractivity contribution in [3.63, 3.8) is 0 Å². The number of fused-ring (bicyclic) bond motifs is 1. The lowest BCUT2D eigenvalue weighted by Gasteiger charge is -2.15. The summed E-state index contributed by atoms with van der Waals surface area (Å²) in [5, 5.41) is 0.651. The summed E-state index contributed by atoms with van der Waals surface area (Å²) in [6.07, 6.45) is 0. The first-order valence-corrected chi connectivity index (χ1v) is 9.52. The van der Waals surface area contributed by atoms with Gasteiger partial charge in [-0.3, -0.25) is 0 Å². The molecule has 0 N–H and O–H groups in total. The van der Waals surface area contributed by atoms with Crippen molar-refractivity contribution in [2.24, 2.45) is 0 Å². The van der Waals surface area contributed by atoms with E-state index in [4.69, 9.17) is 30.8 Å². The van der Waals surface area contributed by atoms with Crippen molar-refractivity contribution in [3.8, 4) is 28.6 Å². The van der Waals surface area contributed by atoms with Gasteiger partial charge in [0, 0.05) is 17.1 Å². The Kier molecular flexibility index (Phi) is 5.32. The largest absolute Gasteiger partial charge is 0.493 e. The molecule has 0 saturated heterocycles. The number of halogens is 1. The average Bonchev–Trinajstić information content (AvgIpc) is 3.10. The number of nitrogens with zero attached hydrogens (tertiary/aromatic N) is 2. The number of benzene rings is 3. The molecule has 0 aliphatic heterocycles. The van der Waals surface area contributed by atoms with E-state index in [2.05, 4.69) is 16.7 Å². The monoisotopic (exact) mass is 408 g/mol. The van der Waals surface area contributed by atoms with Crippen molar-refractivity contribution in [1.29, 1.82) is 0 Å². The normalized spacial score (nSPS) is 10.9. The number of hydrogen-bond acceptors (Lipinski definition) is 4. The maximum Gasteiger partial charge on any atom is 0.203 e. The summed E-state index contributed by atoms with van der Waals surface area (Å²) in [6.45, 7) is 0.672. The number of hydrogen-bond donors (Lipinski definition) is 0. The Bertz CT molecular complexity index is 1130. The molecule has 0 bridgehead atoms. The Morgan fingerprint density at radius 3 is 2.17 bits per heavy atom. The lowest BCUT2D eigenvalue weighted by Crippen LogP contribution is -2.03. The van der Waals surface area contributed by atoms with E-state index >= 15 is 0 Å². The summed E-state index contributed by atoms with van der Waals surface area (Å²) in [4.78, 5) is 4.87. The SMILES string of the molecule is COc1cc(-c2nc3cc(Cl)ccc3n2Cc2ccccc2)cc(OC)c1OC. The van der Waals surface area contributed by atoms with Crippen molar-refractivity contribution in [1.82, 2.24) is 9.55 Å². The first-order chi connectivity index (χ1) is 14.1. The third-order valence-electron chi connectivity index (χ3n) is 4.82. The Morgan fingerprint density at radius 2 is 1.55 bits per heavy atom. The van der Waals surface area contributed by atoms with Crippen molar-refractivity contribution >= 4 is 22.6 Å². The minimum absolute atomic E-state index is 0.549. The quantitative estimate of drug-likeness (QED) is 0.426. The zero-order valence-corrected chi connectivity index (χ0v) is 17.2. The highest BCUT2D eigenvalue weighted by Crippen LogP contribution is 2.41. The molecule has 0 aliphatic carbocycles. The van der Waals surface area contributed by atoms with Crippen LogP contribution in [0, 0.1) is 0 Å².